The molecule has 1 fully saturated rings. The number of carbonyl (C=O) groups excluding carboxylic acids is 1. The molecule has 0 radical (unpaired) electrons. The van der Waals surface area contributed by atoms with Gasteiger partial charge >= 0.3 is 0 Å². The molecule has 0 saturated carbocycles. The number of piperidine rings is 1. The smallest absolute Gasteiger partial charge is 0.227 e. The Morgan fingerprint density at radius 1 is 1.47 bits per heavy atom. The Morgan fingerprint density at radius 2 is 2.21 bits per heavy atom. The number of nitrogens with one attached hydrogen (secondary N) is 2. The highest BCUT2D eigenvalue weighted by Gasteiger charge is 2.24. The van der Waals surface area contributed by atoms with E-state index in [1.54, 1.807) is 0 Å². The molecule has 0 bridgehead atoms. The van der Waals surface area contributed by atoms with Crippen molar-refractivity contribution in [1.82, 2.24) is 5.32 Å². The topological polar surface area (TPSA) is 41.1 Å². The molecule has 0 spiro atoms. The molecule has 1 saturated heterocycles. The molecule has 19 heavy (non-hydrogen) atoms. The number of anilines is 1. The molecule has 0 aromatic heterocycles. The first-order valence-corrected chi connectivity index (χ1v) is 7.16. The first-order valence-electron chi connectivity index (χ1n) is 6.36. The van der Waals surface area contributed by atoms with Crippen LogP contribution in [0.1, 0.15) is 25.3 Å². The maximum Gasteiger partial charge on any atom is 0.227 e. The SMILES string of the molecule is Cc1ccc(Br)cc1NC(=O)[C@H]1CCN[C@@H](C)C1.Cl. The molecule has 0 unspecified atom stereocenters. The minimum atomic E-state index is 0. The zero-order chi connectivity index (χ0) is 13.1. The van der Waals surface area contributed by atoms with Crippen LogP contribution in [-0.4, -0.2) is 18.5 Å². The van der Waals surface area contributed by atoms with Crippen molar-refractivity contribution >= 4 is 39.9 Å². The summed E-state index contributed by atoms with van der Waals surface area (Å²) < 4.78 is 0.988. The molecule has 1 heterocycles. The number of halogens is 2. The largest absolute Gasteiger partial charge is 0.326 e. The van der Waals surface area contributed by atoms with E-state index in [2.05, 4.69) is 33.5 Å². The van der Waals surface area contributed by atoms with Gasteiger partial charge in [-0.3, -0.25) is 4.79 Å². The van der Waals surface area contributed by atoms with E-state index in [1.807, 2.05) is 25.1 Å². The third-order valence-corrected chi connectivity index (χ3v) is 3.95. The van der Waals surface area contributed by atoms with Crippen molar-refractivity contribution in [3.63, 3.8) is 0 Å². The van der Waals surface area contributed by atoms with E-state index in [0.717, 1.165) is 35.1 Å². The number of aryl methyl sites for hydroxylation is 1. The van der Waals surface area contributed by atoms with Crippen molar-refractivity contribution in [2.75, 3.05) is 11.9 Å². The summed E-state index contributed by atoms with van der Waals surface area (Å²) >= 11 is 3.43. The summed E-state index contributed by atoms with van der Waals surface area (Å²) in [6, 6.07) is 6.37. The fourth-order valence-corrected chi connectivity index (χ4v) is 2.69. The van der Waals surface area contributed by atoms with Crippen molar-refractivity contribution in [3.8, 4) is 0 Å². The van der Waals surface area contributed by atoms with Crippen LogP contribution in [0.5, 0.6) is 0 Å². The molecular weight excluding hydrogens is 328 g/mol. The molecule has 2 N–H and O–H groups in total. The molecule has 1 aliphatic heterocycles. The molecule has 5 heteroatoms. The molecule has 1 aliphatic rings. The van der Waals surface area contributed by atoms with Crippen LogP contribution in [0.2, 0.25) is 0 Å². The third kappa shape index (κ3) is 4.48. The zero-order valence-electron chi connectivity index (χ0n) is 11.2. The van der Waals surface area contributed by atoms with Crippen LogP contribution in [0, 0.1) is 12.8 Å². The molecule has 106 valence electrons. The number of hydrogen-bond donors (Lipinski definition) is 2. The van der Waals surface area contributed by atoms with Crippen LogP contribution in [0.4, 0.5) is 5.69 Å². The highest BCUT2D eigenvalue weighted by Crippen LogP contribution is 2.23. The van der Waals surface area contributed by atoms with E-state index in [-0.39, 0.29) is 24.2 Å². The average Bonchev–Trinajstić information content (AvgIpc) is 2.34. The fraction of sp³-hybridized carbons (Fsp3) is 0.500. The molecule has 2 rings (SSSR count). The van der Waals surface area contributed by atoms with Gasteiger partial charge in [-0.25, -0.2) is 0 Å². The molecule has 1 aromatic carbocycles. The Hall–Kier alpha value is -0.580. The van der Waals surface area contributed by atoms with E-state index >= 15 is 0 Å². The van der Waals surface area contributed by atoms with Crippen molar-refractivity contribution in [2.45, 2.75) is 32.7 Å². The third-order valence-electron chi connectivity index (χ3n) is 3.45. The summed E-state index contributed by atoms with van der Waals surface area (Å²) in [7, 11) is 0. The Bertz CT molecular complexity index is 453. The van der Waals surface area contributed by atoms with Crippen LogP contribution < -0.4 is 10.6 Å². The minimum Gasteiger partial charge on any atom is -0.326 e. The zero-order valence-corrected chi connectivity index (χ0v) is 13.6. The lowest BCUT2D eigenvalue weighted by molar-refractivity contribution is -0.120. The maximum absolute atomic E-state index is 12.2. The molecule has 0 aliphatic carbocycles. The summed E-state index contributed by atoms with van der Waals surface area (Å²) in [6.07, 6.45) is 1.84. The van der Waals surface area contributed by atoms with E-state index < -0.39 is 0 Å². The van der Waals surface area contributed by atoms with Gasteiger partial charge in [0.05, 0.1) is 0 Å². The monoisotopic (exact) mass is 346 g/mol. The Labute approximate surface area is 129 Å². The fourth-order valence-electron chi connectivity index (χ4n) is 2.33. The lowest BCUT2D eigenvalue weighted by Crippen LogP contribution is -2.40. The van der Waals surface area contributed by atoms with Gasteiger partial charge in [-0.05, 0) is 50.9 Å². The highest BCUT2D eigenvalue weighted by atomic mass is 79.9. The first kappa shape index (κ1) is 16.5. The molecule has 1 aromatic rings. The predicted octanol–water partition coefficient (Wildman–Crippen LogP) is 3.51. The number of carbonyl (C=O) groups is 1. The normalized spacial score (nSPS) is 22.5. The summed E-state index contributed by atoms with van der Waals surface area (Å²) in [5.74, 6) is 0.268. The van der Waals surface area contributed by atoms with Crippen molar-refractivity contribution in [2.24, 2.45) is 5.92 Å². The van der Waals surface area contributed by atoms with Crippen LogP contribution in [0.3, 0.4) is 0 Å². The van der Waals surface area contributed by atoms with E-state index in [0.29, 0.717) is 6.04 Å². The second-order valence-corrected chi connectivity index (χ2v) is 5.94. The summed E-state index contributed by atoms with van der Waals surface area (Å²) in [5.41, 5.74) is 1.99. The Balaban J connectivity index is 0.00000180. The highest BCUT2D eigenvalue weighted by molar-refractivity contribution is 9.10. The van der Waals surface area contributed by atoms with Crippen LogP contribution in [-0.2, 0) is 4.79 Å². The number of hydrogen-bond acceptors (Lipinski definition) is 2. The van der Waals surface area contributed by atoms with Gasteiger partial charge in [0.25, 0.3) is 0 Å². The second kappa shape index (κ2) is 7.27. The molecule has 2 atom stereocenters. The number of rotatable bonds is 2. The van der Waals surface area contributed by atoms with Crippen LogP contribution in [0.25, 0.3) is 0 Å². The van der Waals surface area contributed by atoms with Crippen molar-refractivity contribution in [1.29, 1.82) is 0 Å². The van der Waals surface area contributed by atoms with Gasteiger partial charge < -0.3 is 10.6 Å². The first-order chi connectivity index (χ1) is 8.56. The summed E-state index contributed by atoms with van der Waals surface area (Å²) in [5, 5.41) is 6.41. The van der Waals surface area contributed by atoms with Crippen LogP contribution in [0.15, 0.2) is 22.7 Å². The van der Waals surface area contributed by atoms with Gasteiger partial charge in [0, 0.05) is 22.1 Å². The quantitative estimate of drug-likeness (QED) is 0.859. The minimum absolute atomic E-state index is 0. The van der Waals surface area contributed by atoms with Gasteiger partial charge in [0.2, 0.25) is 5.91 Å². The predicted molar refractivity (Wildman–Crippen MR) is 84.9 cm³/mol. The van der Waals surface area contributed by atoms with Gasteiger partial charge in [-0.1, -0.05) is 22.0 Å². The van der Waals surface area contributed by atoms with Gasteiger partial charge in [0.15, 0.2) is 0 Å². The Kier molecular flexibility index (Phi) is 6.30. The van der Waals surface area contributed by atoms with Crippen molar-refractivity contribution < 1.29 is 4.79 Å². The second-order valence-electron chi connectivity index (χ2n) is 5.02. The van der Waals surface area contributed by atoms with E-state index in [4.69, 9.17) is 0 Å². The van der Waals surface area contributed by atoms with Gasteiger partial charge in [-0.2, -0.15) is 0 Å². The lowest BCUT2D eigenvalue weighted by atomic mass is 9.92. The van der Waals surface area contributed by atoms with Crippen molar-refractivity contribution in [3.05, 3.63) is 28.2 Å². The standard InChI is InChI=1S/C14H19BrN2O.ClH/c1-9-3-4-12(15)8-13(9)17-14(18)11-5-6-16-10(2)7-11;/h3-4,8,10-11,16H,5-7H2,1-2H3,(H,17,18);1H/t10-,11-;/m0./s1. The van der Waals surface area contributed by atoms with E-state index in [1.165, 1.54) is 0 Å². The van der Waals surface area contributed by atoms with E-state index in [9.17, 15) is 4.79 Å². The summed E-state index contributed by atoms with van der Waals surface area (Å²) in [6.45, 7) is 5.06. The van der Waals surface area contributed by atoms with Gasteiger partial charge in [-0.15, -0.1) is 12.4 Å². The Morgan fingerprint density at radius 3 is 2.89 bits per heavy atom. The van der Waals surface area contributed by atoms with Gasteiger partial charge in [0.1, 0.15) is 0 Å². The number of amides is 1. The number of benzene rings is 1. The van der Waals surface area contributed by atoms with Crippen LogP contribution >= 0.6 is 28.3 Å². The summed E-state index contributed by atoms with van der Waals surface area (Å²) in [4.78, 5) is 12.2. The average molecular weight is 348 g/mol. The maximum atomic E-state index is 12.2. The molecule has 1 amide bonds. The molecular formula is C14H20BrClN2O. The lowest BCUT2D eigenvalue weighted by Gasteiger charge is -2.27. The molecule has 3 nitrogen and oxygen atoms in total.